The van der Waals surface area contributed by atoms with Gasteiger partial charge >= 0.3 is 6.03 Å². The van der Waals surface area contributed by atoms with Gasteiger partial charge in [-0.3, -0.25) is 0 Å². The number of urea groups is 1. The van der Waals surface area contributed by atoms with E-state index in [1.165, 1.54) is 5.56 Å². The van der Waals surface area contributed by atoms with E-state index in [1.807, 2.05) is 47.3 Å². The third kappa shape index (κ3) is 4.36. The van der Waals surface area contributed by atoms with Gasteiger partial charge in [0, 0.05) is 44.6 Å². The van der Waals surface area contributed by atoms with E-state index < -0.39 is 0 Å². The summed E-state index contributed by atoms with van der Waals surface area (Å²) < 4.78 is 7.88. The molecule has 2 amide bonds. The van der Waals surface area contributed by atoms with Crippen molar-refractivity contribution in [3.05, 3.63) is 60.4 Å². The van der Waals surface area contributed by atoms with Crippen LogP contribution in [0.15, 0.2) is 54.9 Å². The number of nitrogens with one attached hydrogen (secondary N) is 2. The van der Waals surface area contributed by atoms with Crippen molar-refractivity contribution in [3.8, 4) is 0 Å². The van der Waals surface area contributed by atoms with E-state index in [1.54, 1.807) is 0 Å². The first-order valence-electron chi connectivity index (χ1n) is 8.12. The van der Waals surface area contributed by atoms with Crippen molar-refractivity contribution in [3.63, 3.8) is 0 Å². The number of nitrogens with zero attached hydrogens (tertiary/aromatic N) is 1. The summed E-state index contributed by atoms with van der Waals surface area (Å²) in [6.45, 7) is 2.78. The fourth-order valence-electron chi connectivity index (χ4n) is 2.96. The number of carbonyl (C=O) groups is 1. The van der Waals surface area contributed by atoms with E-state index >= 15 is 0 Å². The molecule has 2 aromatic rings. The van der Waals surface area contributed by atoms with Crippen LogP contribution in [-0.2, 0) is 11.3 Å². The molecule has 1 saturated heterocycles. The third-order valence-corrected chi connectivity index (χ3v) is 4.19. The highest BCUT2D eigenvalue weighted by molar-refractivity contribution is 5.73. The van der Waals surface area contributed by atoms with E-state index in [-0.39, 0.29) is 12.1 Å². The average Bonchev–Trinajstić information content (AvgIpc) is 3.25. The molecule has 23 heavy (non-hydrogen) atoms. The summed E-state index contributed by atoms with van der Waals surface area (Å²) in [4.78, 5) is 11.9. The SMILES string of the molecule is O=C(NCCn1cccc1)NC[C@H]1CCO[C@@H]1c1ccccc1. The fraction of sp³-hybridized carbons (Fsp3) is 0.389. The van der Waals surface area contributed by atoms with Crippen LogP contribution in [0.3, 0.4) is 0 Å². The predicted molar refractivity (Wildman–Crippen MR) is 89.1 cm³/mol. The molecule has 1 fully saturated rings. The van der Waals surface area contributed by atoms with Crippen LogP contribution in [0.2, 0.25) is 0 Å². The van der Waals surface area contributed by atoms with Crippen LogP contribution in [-0.4, -0.2) is 30.3 Å². The molecule has 2 heterocycles. The topological polar surface area (TPSA) is 55.3 Å². The summed E-state index contributed by atoms with van der Waals surface area (Å²) in [6, 6.07) is 14.1. The third-order valence-electron chi connectivity index (χ3n) is 4.19. The highest BCUT2D eigenvalue weighted by atomic mass is 16.5. The molecule has 1 aliphatic heterocycles. The normalized spacial score (nSPS) is 20.3. The van der Waals surface area contributed by atoms with Gasteiger partial charge in [0.1, 0.15) is 0 Å². The van der Waals surface area contributed by atoms with E-state index in [2.05, 4.69) is 22.8 Å². The van der Waals surface area contributed by atoms with Crippen LogP contribution < -0.4 is 10.6 Å². The van der Waals surface area contributed by atoms with Crippen LogP contribution in [0.5, 0.6) is 0 Å². The lowest BCUT2D eigenvalue weighted by Gasteiger charge is -2.19. The predicted octanol–water partition coefficient (Wildman–Crippen LogP) is 2.57. The van der Waals surface area contributed by atoms with Gasteiger partial charge in [-0.15, -0.1) is 0 Å². The molecule has 0 spiro atoms. The minimum absolute atomic E-state index is 0.0800. The highest BCUT2D eigenvalue weighted by Gasteiger charge is 2.29. The zero-order valence-electron chi connectivity index (χ0n) is 13.2. The molecular formula is C18H23N3O2. The molecule has 0 radical (unpaired) electrons. The molecule has 1 aliphatic rings. The number of rotatable bonds is 6. The monoisotopic (exact) mass is 313 g/mol. The maximum atomic E-state index is 11.9. The summed E-state index contributed by atoms with van der Waals surface area (Å²) in [5.74, 6) is 0.326. The lowest BCUT2D eigenvalue weighted by Crippen LogP contribution is -2.40. The molecule has 0 aliphatic carbocycles. The Kier molecular flexibility index (Phi) is 5.32. The number of benzene rings is 1. The smallest absolute Gasteiger partial charge is 0.314 e. The standard InChI is InChI=1S/C18H23N3O2/c22-18(19-9-12-21-10-4-5-11-21)20-14-16-8-13-23-17(16)15-6-2-1-3-7-15/h1-7,10-11,16-17H,8-9,12-14H2,(H2,19,20,22)/t16-,17-/m1/s1. The Balaban J connectivity index is 1.41. The Morgan fingerprint density at radius 3 is 2.70 bits per heavy atom. The van der Waals surface area contributed by atoms with E-state index in [9.17, 15) is 4.79 Å². The molecule has 5 nitrogen and oxygen atoms in total. The first-order valence-corrected chi connectivity index (χ1v) is 8.12. The first-order chi connectivity index (χ1) is 11.3. The quantitative estimate of drug-likeness (QED) is 0.861. The van der Waals surface area contributed by atoms with Gasteiger partial charge in [-0.05, 0) is 24.1 Å². The second-order valence-electron chi connectivity index (χ2n) is 5.81. The molecule has 122 valence electrons. The minimum atomic E-state index is -0.115. The Hall–Kier alpha value is -2.27. The molecule has 3 rings (SSSR count). The molecule has 1 aromatic heterocycles. The first kappa shape index (κ1) is 15.6. The van der Waals surface area contributed by atoms with Crippen LogP contribution in [0, 0.1) is 5.92 Å². The summed E-state index contributed by atoms with van der Waals surface area (Å²) in [6.07, 6.45) is 5.03. The zero-order chi connectivity index (χ0) is 15.9. The van der Waals surface area contributed by atoms with Gasteiger partial charge in [0.15, 0.2) is 0 Å². The average molecular weight is 313 g/mol. The van der Waals surface area contributed by atoms with Crippen molar-refractivity contribution < 1.29 is 9.53 Å². The van der Waals surface area contributed by atoms with Gasteiger partial charge < -0.3 is 19.9 Å². The summed E-state index contributed by atoms with van der Waals surface area (Å²) >= 11 is 0. The van der Waals surface area contributed by atoms with Gasteiger partial charge in [-0.25, -0.2) is 4.79 Å². The molecule has 0 saturated carbocycles. The van der Waals surface area contributed by atoms with Crippen LogP contribution >= 0.6 is 0 Å². The number of hydrogen-bond donors (Lipinski definition) is 2. The number of carbonyl (C=O) groups excluding carboxylic acids is 1. The molecular weight excluding hydrogens is 290 g/mol. The van der Waals surface area contributed by atoms with E-state index in [0.717, 1.165) is 19.6 Å². The van der Waals surface area contributed by atoms with Gasteiger partial charge in [0.05, 0.1) is 6.10 Å². The lowest BCUT2D eigenvalue weighted by atomic mass is 9.95. The number of amides is 2. The molecule has 0 unspecified atom stereocenters. The van der Waals surface area contributed by atoms with Crippen molar-refractivity contribution in [1.29, 1.82) is 0 Å². The van der Waals surface area contributed by atoms with Crippen molar-refractivity contribution in [1.82, 2.24) is 15.2 Å². The van der Waals surface area contributed by atoms with Crippen LogP contribution in [0.4, 0.5) is 4.79 Å². The summed E-state index contributed by atoms with van der Waals surface area (Å²) in [7, 11) is 0. The molecule has 1 aromatic carbocycles. The molecule has 2 atom stereocenters. The molecule has 5 heteroatoms. The van der Waals surface area contributed by atoms with Crippen molar-refractivity contribution in [2.24, 2.45) is 5.92 Å². The zero-order valence-corrected chi connectivity index (χ0v) is 13.2. The van der Waals surface area contributed by atoms with E-state index in [4.69, 9.17) is 4.74 Å². The Bertz CT molecular complexity index is 598. The van der Waals surface area contributed by atoms with Gasteiger partial charge in [-0.1, -0.05) is 30.3 Å². The Morgan fingerprint density at radius 2 is 1.91 bits per heavy atom. The van der Waals surface area contributed by atoms with Crippen LogP contribution in [0.1, 0.15) is 18.1 Å². The van der Waals surface area contributed by atoms with Crippen molar-refractivity contribution >= 4 is 6.03 Å². The van der Waals surface area contributed by atoms with Crippen molar-refractivity contribution in [2.75, 3.05) is 19.7 Å². The maximum absolute atomic E-state index is 11.9. The number of ether oxygens (including phenoxy) is 1. The molecule has 0 bridgehead atoms. The number of aromatic nitrogens is 1. The second kappa shape index (κ2) is 7.83. The second-order valence-corrected chi connectivity index (χ2v) is 5.81. The molecule has 2 N–H and O–H groups in total. The van der Waals surface area contributed by atoms with Crippen molar-refractivity contribution in [2.45, 2.75) is 19.1 Å². The largest absolute Gasteiger partial charge is 0.373 e. The van der Waals surface area contributed by atoms with Gasteiger partial charge in [0.25, 0.3) is 0 Å². The van der Waals surface area contributed by atoms with Gasteiger partial charge in [0.2, 0.25) is 0 Å². The van der Waals surface area contributed by atoms with Gasteiger partial charge in [-0.2, -0.15) is 0 Å². The Labute approximate surface area is 136 Å². The Morgan fingerprint density at radius 1 is 1.13 bits per heavy atom. The summed E-state index contributed by atoms with van der Waals surface area (Å²) in [5.41, 5.74) is 1.19. The highest BCUT2D eigenvalue weighted by Crippen LogP contribution is 2.33. The minimum Gasteiger partial charge on any atom is -0.373 e. The van der Waals surface area contributed by atoms with E-state index in [0.29, 0.717) is 19.0 Å². The maximum Gasteiger partial charge on any atom is 0.314 e. The lowest BCUT2D eigenvalue weighted by molar-refractivity contribution is 0.0910. The number of hydrogen-bond acceptors (Lipinski definition) is 2. The van der Waals surface area contributed by atoms with Crippen LogP contribution in [0.25, 0.3) is 0 Å². The fourth-order valence-corrected chi connectivity index (χ4v) is 2.96. The summed E-state index contributed by atoms with van der Waals surface area (Å²) in [5, 5.41) is 5.85.